The highest BCUT2D eigenvalue weighted by Gasteiger charge is 2.41. The molecular weight excluding hydrogens is 269 g/mol. The normalized spacial score (nSPS) is 15.6. The second kappa shape index (κ2) is 4.76. The van der Waals surface area contributed by atoms with Gasteiger partial charge in [-0.2, -0.15) is 13.2 Å². The van der Waals surface area contributed by atoms with Crippen molar-refractivity contribution in [3.8, 4) is 0 Å². The van der Waals surface area contributed by atoms with Gasteiger partial charge in [-0.15, -0.1) is 0 Å². The first-order valence-electron chi connectivity index (χ1n) is 5.37. The molecule has 0 spiro atoms. The highest BCUT2D eigenvalue weighted by molar-refractivity contribution is 6.29. The second-order valence-corrected chi connectivity index (χ2v) is 4.51. The van der Waals surface area contributed by atoms with Crippen LogP contribution in [0.25, 0.3) is 0 Å². The van der Waals surface area contributed by atoms with E-state index in [2.05, 4.69) is 4.98 Å². The molecule has 1 heterocycles. The van der Waals surface area contributed by atoms with Gasteiger partial charge in [0.1, 0.15) is 17.4 Å². The predicted molar refractivity (Wildman–Crippen MR) is 59.4 cm³/mol. The predicted octanol–water partition coefficient (Wildman–Crippen LogP) is 2.90. The molecule has 1 aromatic rings. The summed E-state index contributed by atoms with van der Waals surface area (Å²) in [5, 5.41) is 0.0867. The SMILES string of the molecule is O=C(c1cccc(Cl)n1)N(CC(F)(F)F)C1CC1. The molecule has 0 atom stereocenters. The minimum atomic E-state index is -4.41. The molecule has 2 rings (SSSR count). The summed E-state index contributed by atoms with van der Waals surface area (Å²) >= 11 is 5.62. The molecule has 1 aliphatic carbocycles. The zero-order valence-electron chi connectivity index (χ0n) is 9.25. The summed E-state index contributed by atoms with van der Waals surface area (Å²) in [7, 11) is 0. The highest BCUT2D eigenvalue weighted by atomic mass is 35.5. The van der Waals surface area contributed by atoms with E-state index in [1.54, 1.807) is 0 Å². The third kappa shape index (κ3) is 3.35. The van der Waals surface area contributed by atoms with Gasteiger partial charge in [-0.25, -0.2) is 4.98 Å². The maximum absolute atomic E-state index is 12.4. The van der Waals surface area contributed by atoms with Crippen molar-refractivity contribution in [3.05, 3.63) is 29.0 Å². The van der Waals surface area contributed by atoms with Crippen molar-refractivity contribution in [2.24, 2.45) is 0 Å². The summed E-state index contributed by atoms with van der Waals surface area (Å²) < 4.78 is 37.2. The lowest BCUT2D eigenvalue weighted by Gasteiger charge is -2.23. The van der Waals surface area contributed by atoms with Crippen LogP contribution in [-0.2, 0) is 0 Å². The van der Waals surface area contributed by atoms with Crippen molar-refractivity contribution in [2.75, 3.05) is 6.54 Å². The number of nitrogens with zero attached hydrogens (tertiary/aromatic N) is 2. The second-order valence-electron chi connectivity index (χ2n) is 4.12. The number of carbonyl (C=O) groups excluding carboxylic acids is 1. The molecule has 98 valence electrons. The summed E-state index contributed by atoms with van der Waals surface area (Å²) in [6, 6.07) is 3.98. The Morgan fingerprint density at radius 1 is 1.44 bits per heavy atom. The largest absolute Gasteiger partial charge is 0.406 e. The Morgan fingerprint density at radius 3 is 2.61 bits per heavy atom. The van der Waals surface area contributed by atoms with Gasteiger partial charge < -0.3 is 4.90 Å². The number of pyridine rings is 1. The molecule has 3 nitrogen and oxygen atoms in total. The number of aromatic nitrogens is 1. The Kier molecular flexibility index (Phi) is 3.47. The van der Waals surface area contributed by atoms with Gasteiger partial charge in [-0.05, 0) is 25.0 Å². The Morgan fingerprint density at radius 2 is 2.11 bits per heavy atom. The lowest BCUT2D eigenvalue weighted by atomic mass is 10.3. The van der Waals surface area contributed by atoms with E-state index >= 15 is 0 Å². The summed E-state index contributed by atoms with van der Waals surface area (Å²) in [4.78, 5) is 16.5. The van der Waals surface area contributed by atoms with Crippen molar-refractivity contribution in [1.29, 1.82) is 0 Å². The van der Waals surface area contributed by atoms with Crippen molar-refractivity contribution in [3.63, 3.8) is 0 Å². The molecule has 7 heteroatoms. The minimum Gasteiger partial charge on any atom is -0.325 e. The smallest absolute Gasteiger partial charge is 0.325 e. The average molecular weight is 279 g/mol. The van der Waals surface area contributed by atoms with Crippen molar-refractivity contribution in [2.45, 2.75) is 25.1 Å². The number of hydrogen-bond donors (Lipinski definition) is 0. The van der Waals surface area contributed by atoms with Gasteiger partial charge in [-0.1, -0.05) is 17.7 Å². The van der Waals surface area contributed by atoms with Crippen LogP contribution in [0.1, 0.15) is 23.3 Å². The first-order chi connectivity index (χ1) is 8.37. The minimum absolute atomic E-state index is 0.0568. The first kappa shape index (κ1) is 13.1. The summed E-state index contributed by atoms with van der Waals surface area (Å²) in [5.74, 6) is -0.725. The van der Waals surface area contributed by atoms with Crippen LogP contribution in [0.4, 0.5) is 13.2 Å². The molecule has 0 bridgehead atoms. The molecule has 0 aromatic carbocycles. The van der Waals surface area contributed by atoms with Crippen LogP contribution >= 0.6 is 11.6 Å². The quantitative estimate of drug-likeness (QED) is 0.797. The van der Waals surface area contributed by atoms with Gasteiger partial charge in [0.25, 0.3) is 5.91 Å². The monoisotopic (exact) mass is 278 g/mol. The molecule has 0 N–H and O–H groups in total. The molecule has 1 aromatic heterocycles. The summed E-state index contributed by atoms with van der Waals surface area (Å²) in [5.41, 5.74) is -0.0568. The highest BCUT2D eigenvalue weighted by Crippen LogP contribution is 2.31. The third-order valence-corrected chi connectivity index (χ3v) is 2.74. The van der Waals surface area contributed by atoms with Gasteiger partial charge in [-0.3, -0.25) is 4.79 Å². The standard InChI is InChI=1S/C11H10ClF3N2O/c12-9-3-1-2-8(16-9)10(18)17(7-4-5-7)6-11(13,14)15/h1-3,7H,4-6H2. The average Bonchev–Trinajstić information content (AvgIpc) is 3.07. The Balaban J connectivity index is 2.18. The maximum Gasteiger partial charge on any atom is 0.406 e. The van der Waals surface area contributed by atoms with Gasteiger partial charge in [0.05, 0.1) is 0 Å². The van der Waals surface area contributed by atoms with E-state index < -0.39 is 18.6 Å². The van der Waals surface area contributed by atoms with Gasteiger partial charge in [0.2, 0.25) is 0 Å². The molecule has 1 fully saturated rings. The summed E-state index contributed by atoms with van der Waals surface area (Å²) in [6.07, 6.45) is -3.21. The fraction of sp³-hybridized carbons (Fsp3) is 0.455. The molecule has 0 unspecified atom stereocenters. The fourth-order valence-corrected chi connectivity index (χ4v) is 1.78. The molecular formula is C11H10ClF3N2O. The van der Waals surface area contributed by atoms with Crippen LogP contribution in [0.2, 0.25) is 5.15 Å². The van der Waals surface area contributed by atoms with Crippen LogP contribution in [0, 0.1) is 0 Å². The molecule has 18 heavy (non-hydrogen) atoms. The number of hydrogen-bond acceptors (Lipinski definition) is 2. The van der Waals surface area contributed by atoms with E-state index in [9.17, 15) is 18.0 Å². The molecule has 0 radical (unpaired) electrons. The van der Waals surface area contributed by atoms with Crippen LogP contribution < -0.4 is 0 Å². The number of rotatable bonds is 3. The molecule has 1 aliphatic rings. The Labute approximate surface area is 107 Å². The van der Waals surface area contributed by atoms with Crippen LogP contribution in [0.5, 0.6) is 0 Å². The van der Waals surface area contributed by atoms with Crippen LogP contribution in [0.15, 0.2) is 18.2 Å². The number of halogens is 4. The lowest BCUT2D eigenvalue weighted by molar-refractivity contribution is -0.141. The molecule has 1 amide bonds. The van der Waals surface area contributed by atoms with Crippen molar-refractivity contribution < 1.29 is 18.0 Å². The van der Waals surface area contributed by atoms with E-state index in [0.717, 1.165) is 4.90 Å². The van der Waals surface area contributed by atoms with E-state index in [1.165, 1.54) is 18.2 Å². The molecule has 0 saturated heterocycles. The van der Waals surface area contributed by atoms with Crippen molar-refractivity contribution in [1.82, 2.24) is 9.88 Å². The van der Waals surface area contributed by atoms with Gasteiger partial charge in [0.15, 0.2) is 0 Å². The van der Waals surface area contributed by atoms with E-state index in [4.69, 9.17) is 11.6 Å². The number of alkyl halides is 3. The zero-order chi connectivity index (χ0) is 13.3. The third-order valence-electron chi connectivity index (χ3n) is 2.53. The Hall–Kier alpha value is -1.30. The van der Waals surface area contributed by atoms with Crippen LogP contribution in [0.3, 0.4) is 0 Å². The maximum atomic E-state index is 12.4. The lowest BCUT2D eigenvalue weighted by Crippen LogP contribution is -2.40. The molecule has 0 aliphatic heterocycles. The number of amides is 1. The number of carbonyl (C=O) groups is 1. The fourth-order valence-electron chi connectivity index (χ4n) is 1.62. The zero-order valence-corrected chi connectivity index (χ0v) is 10.0. The van der Waals surface area contributed by atoms with Gasteiger partial charge >= 0.3 is 6.18 Å². The Bertz CT molecular complexity index is 460. The van der Waals surface area contributed by atoms with Gasteiger partial charge in [0, 0.05) is 6.04 Å². The molecule has 1 saturated carbocycles. The van der Waals surface area contributed by atoms with E-state index in [-0.39, 0.29) is 16.9 Å². The first-order valence-corrected chi connectivity index (χ1v) is 5.75. The van der Waals surface area contributed by atoms with Crippen molar-refractivity contribution >= 4 is 17.5 Å². The van der Waals surface area contributed by atoms with E-state index in [0.29, 0.717) is 12.8 Å². The van der Waals surface area contributed by atoms with Crippen LogP contribution in [-0.4, -0.2) is 34.6 Å². The summed E-state index contributed by atoms with van der Waals surface area (Å²) in [6.45, 7) is -1.25. The topological polar surface area (TPSA) is 33.2 Å². The van der Waals surface area contributed by atoms with E-state index in [1.807, 2.05) is 0 Å².